The van der Waals surface area contributed by atoms with E-state index >= 15 is 0 Å². The smallest absolute Gasteiger partial charge is 0.189 e. The summed E-state index contributed by atoms with van der Waals surface area (Å²) in [5.41, 5.74) is 3.68. The molecule has 0 radical (unpaired) electrons. The van der Waals surface area contributed by atoms with Gasteiger partial charge in [0, 0.05) is 11.9 Å². The van der Waals surface area contributed by atoms with E-state index in [0.717, 1.165) is 29.6 Å². The van der Waals surface area contributed by atoms with E-state index in [4.69, 9.17) is 18.2 Å². The molecule has 0 N–H and O–H groups in total. The molecule has 3 aromatic rings. The summed E-state index contributed by atoms with van der Waals surface area (Å²) in [6.45, 7) is 9.42. The van der Waals surface area contributed by atoms with Gasteiger partial charge in [-0.2, -0.15) is 0 Å². The number of hydrogen-bond acceptors (Lipinski definition) is 2. The molecule has 0 amide bonds. The van der Waals surface area contributed by atoms with E-state index in [1.807, 2.05) is 22.8 Å². The lowest BCUT2D eigenvalue weighted by atomic mass is 9.99. The minimum absolute atomic E-state index is 0.162. The molecule has 0 spiro atoms. The molecule has 1 saturated carbocycles. The fraction of sp³-hybridized carbons (Fsp3) is 0.235. The third-order valence-corrected chi connectivity index (χ3v) is 4.71. The Morgan fingerprint density at radius 1 is 1.32 bits per heavy atom. The van der Waals surface area contributed by atoms with E-state index in [9.17, 15) is 0 Å². The Bertz CT molecular complexity index is 931. The Hall–Kier alpha value is -2.38. The highest BCUT2D eigenvalue weighted by Gasteiger charge is 2.42. The maximum absolute atomic E-state index is 7.18. The van der Waals surface area contributed by atoms with Gasteiger partial charge < -0.3 is 4.57 Å². The zero-order valence-electron chi connectivity index (χ0n) is 12.0. The average molecular weight is 309 g/mol. The summed E-state index contributed by atoms with van der Waals surface area (Å²) in [5, 5.41) is 1.42. The fourth-order valence-corrected chi connectivity index (χ4v) is 3.08. The van der Waals surface area contributed by atoms with Crippen LogP contribution in [0.4, 0.5) is 5.69 Å². The lowest BCUT2D eigenvalue weighted by Gasteiger charge is -2.06. The molecular weight excluding hydrogens is 296 g/mol. The second-order valence-electron chi connectivity index (χ2n) is 5.97. The monoisotopic (exact) mass is 308 g/mol. The summed E-state index contributed by atoms with van der Waals surface area (Å²) in [4.78, 5) is 12.1. The molecule has 0 unspecified atom stereocenters. The van der Waals surface area contributed by atoms with E-state index in [2.05, 4.69) is 27.9 Å². The SMILES string of the molecule is [C-]#[N+]c1cccc(-n2cc(C3(C)CC3)c3c(Cl)ncnc32)c1. The van der Waals surface area contributed by atoms with Crippen LogP contribution in [0.25, 0.3) is 21.6 Å². The number of benzene rings is 1. The molecule has 0 aliphatic heterocycles. The van der Waals surface area contributed by atoms with Gasteiger partial charge >= 0.3 is 0 Å². The minimum Gasteiger partial charge on any atom is -0.302 e. The van der Waals surface area contributed by atoms with E-state index in [0.29, 0.717) is 10.8 Å². The standard InChI is InChI=1S/C17H13ClN4/c1-17(6-7-17)13-9-22(12-5-3-4-11(8-12)19-2)16-14(13)15(18)20-10-21-16/h3-5,8-10H,6-7H2,1H3. The number of fused-ring (bicyclic) bond motifs is 1. The number of aromatic nitrogens is 3. The van der Waals surface area contributed by atoms with Crippen LogP contribution in [0.3, 0.4) is 0 Å². The third kappa shape index (κ3) is 1.90. The van der Waals surface area contributed by atoms with Gasteiger partial charge in [0.1, 0.15) is 17.1 Å². The first-order valence-electron chi connectivity index (χ1n) is 7.12. The van der Waals surface area contributed by atoms with Gasteiger partial charge in [-0.3, -0.25) is 0 Å². The molecule has 0 bridgehead atoms. The quantitative estimate of drug-likeness (QED) is 0.509. The molecule has 1 aliphatic rings. The molecule has 1 aliphatic carbocycles. The van der Waals surface area contributed by atoms with Crippen molar-refractivity contribution in [3.8, 4) is 5.69 Å². The predicted octanol–water partition coefficient (Wildman–Crippen LogP) is 4.68. The number of nitrogens with zero attached hydrogens (tertiary/aromatic N) is 4. The topological polar surface area (TPSA) is 35.1 Å². The van der Waals surface area contributed by atoms with Crippen LogP contribution >= 0.6 is 11.6 Å². The van der Waals surface area contributed by atoms with Crippen molar-refractivity contribution < 1.29 is 0 Å². The van der Waals surface area contributed by atoms with Crippen LogP contribution in [-0.2, 0) is 5.41 Å². The number of halogens is 1. The van der Waals surface area contributed by atoms with Crippen LogP contribution in [0.1, 0.15) is 25.3 Å². The molecule has 2 heterocycles. The van der Waals surface area contributed by atoms with Crippen LogP contribution < -0.4 is 0 Å². The largest absolute Gasteiger partial charge is 0.302 e. The van der Waals surface area contributed by atoms with E-state index in [-0.39, 0.29) is 5.41 Å². The summed E-state index contributed by atoms with van der Waals surface area (Å²) >= 11 is 6.34. The van der Waals surface area contributed by atoms with Crippen LogP contribution in [0, 0.1) is 6.57 Å². The molecule has 22 heavy (non-hydrogen) atoms. The molecule has 4 nitrogen and oxygen atoms in total. The van der Waals surface area contributed by atoms with Crippen LogP contribution in [0.2, 0.25) is 5.15 Å². The average Bonchev–Trinajstić information content (AvgIpc) is 3.15. The number of hydrogen-bond donors (Lipinski definition) is 0. The highest BCUT2D eigenvalue weighted by molar-refractivity contribution is 6.34. The maximum atomic E-state index is 7.18. The maximum Gasteiger partial charge on any atom is 0.189 e. The van der Waals surface area contributed by atoms with E-state index in [1.54, 1.807) is 6.07 Å². The van der Waals surface area contributed by atoms with Crippen molar-refractivity contribution in [1.82, 2.24) is 14.5 Å². The van der Waals surface area contributed by atoms with Crippen molar-refractivity contribution >= 4 is 28.3 Å². The predicted molar refractivity (Wildman–Crippen MR) is 86.7 cm³/mol. The lowest BCUT2D eigenvalue weighted by Crippen LogP contribution is -1.98. The van der Waals surface area contributed by atoms with E-state index in [1.165, 1.54) is 11.9 Å². The van der Waals surface area contributed by atoms with Gasteiger partial charge in [0.05, 0.1) is 12.0 Å². The molecule has 4 rings (SSSR count). The first kappa shape index (κ1) is 13.3. The third-order valence-electron chi connectivity index (χ3n) is 4.42. The molecule has 108 valence electrons. The lowest BCUT2D eigenvalue weighted by molar-refractivity contribution is 0.792. The summed E-state index contributed by atoms with van der Waals surface area (Å²) in [7, 11) is 0. The highest BCUT2D eigenvalue weighted by atomic mass is 35.5. The Balaban J connectivity index is 2.03. The molecule has 5 heteroatoms. The van der Waals surface area contributed by atoms with Crippen LogP contribution in [-0.4, -0.2) is 14.5 Å². The zero-order chi connectivity index (χ0) is 15.3. The molecule has 0 atom stereocenters. The normalized spacial score (nSPS) is 15.7. The van der Waals surface area contributed by atoms with Gasteiger partial charge in [0.2, 0.25) is 0 Å². The van der Waals surface area contributed by atoms with Gasteiger partial charge in [0.25, 0.3) is 0 Å². The van der Waals surface area contributed by atoms with Gasteiger partial charge in [-0.05, 0) is 36.0 Å². The Kier molecular flexibility index (Phi) is 2.75. The molecule has 1 aromatic carbocycles. The van der Waals surface area contributed by atoms with E-state index < -0.39 is 0 Å². The Morgan fingerprint density at radius 2 is 2.14 bits per heavy atom. The van der Waals surface area contributed by atoms with Crippen molar-refractivity contribution in [2.75, 3.05) is 0 Å². The van der Waals surface area contributed by atoms with Gasteiger partial charge in [-0.15, -0.1) is 0 Å². The fourth-order valence-electron chi connectivity index (χ4n) is 2.85. The van der Waals surface area contributed by atoms with Gasteiger partial charge in [0.15, 0.2) is 5.69 Å². The van der Waals surface area contributed by atoms with Gasteiger partial charge in [-0.25, -0.2) is 14.8 Å². The summed E-state index contributed by atoms with van der Waals surface area (Å²) in [6, 6.07) is 7.52. The molecule has 2 aromatic heterocycles. The Morgan fingerprint density at radius 3 is 2.86 bits per heavy atom. The second-order valence-corrected chi connectivity index (χ2v) is 6.33. The summed E-state index contributed by atoms with van der Waals surface area (Å²) in [5.74, 6) is 0. The zero-order valence-corrected chi connectivity index (χ0v) is 12.8. The van der Waals surface area contributed by atoms with Crippen molar-refractivity contribution in [3.63, 3.8) is 0 Å². The highest BCUT2D eigenvalue weighted by Crippen LogP contribution is 2.51. The number of rotatable bonds is 2. The molecule has 1 fully saturated rings. The summed E-state index contributed by atoms with van der Waals surface area (Å²) < 4.78 is 2.01. The molecule has 0 saturated heterocycles. The minimum atomic E-state index is 0.162. The van der Waals surface area contributed by atoms with Crippen molar-refractivity contribution in [3.05, 3.63) is 58.9 Å². The van der Waals surface area contributed by atoms with Crippen LogP contribution in [0.15, 0.2) is 36.8 Å². The van der Waals surface area contributed by atoms with Gasteiger partial charge in [-0.1, -0.05) is 30.7 Å². The summed E-state index contributed by atoms with van der Waals surface area (Å²) in [6.07, 6.45) is 5.89. The second kappa shape index (κ2) is 4.56. The Labute approximate surface area is 133 Å². The van der Waals surface area contributed by atoms with Crippen molar-refractivity contribution in [2.45, 2.75) is 25.2 Å². The first-order valence-corrected chi connectivity index (χ1v) is 7.50. The first-order chi connectivity index (χ1) is 10.6. The van der Waals surface area contributed by atoms with Crippen molar-refractivity contribution in [1.29, 1.82) is 0 Å². The molecular formula is C17H13ClN4. The van der Waals surface area contributed by atoms with Crippen LogP contribution in [0.5, 0.6) is 0 Å². The van der Waals surface area contributed by atoms with Crippen molar-refractivity contribution in [2.24, 2.45) is 0 Å².